The topological polar surface area (TPSA) is 47.9 Å². The highest BCUT2D eigenvalue weighted by Gasteiger charge is 2.22. The second kappa shape index (κ2) is 10.7. The Morgan fingerprint density at radius 3 is 2.72 bits per heavy atom. The Balaban J connectivity index is 2.03. The molecule has 4 nitrogen and oxygen atoms in total. The van der Waals surface area contributed by atoms with Gasteiger partial charge < -0.3 is 19.3 Å². The van der Waals surface area contributed by atoms with Crippen LogP contribution in [0.3, 0.4) is 0 Å². The summed E-state index contributed by atoms with van der Waals surface area (Å²) in [5.41, 5.74) is 0. The summed E-state index contributed by atoms with van der Waals surface area (Å²) >= 11 is 0. The fourth-order valence-corrected chi connectivity index (χ4v) is 2.49. The number of hydrogen-bond donors (Lipinski definition) is 1. The van der Waals surface area contributed by atoms with E-state index in [1.54, 1.807) is 0 Å². The standard InChI is InChI=1S/C14H28O4/c1-2-16-8-6-13-4-3-5-14(12-13)18-11-10-17-9-7-15/h13-15H,2-12H2,1H3/t13-,14-/m1/s1. The van der Waals surface area contributed by atoms with E-state index in [1.165, 1.54) is 19.3 Å². The summed E-state index contributed by atoms with van der Waals surface area (Å²) < 4.78 is 16.4. The molecule has 0 saturated heterocycles. The van der Waals surface area contributed by atoms with Gasteiger partial charge in [0.25, 0.3) is 0 Å². The molecule has 1 saturated carbocycles. The Labute approximate surface area is 111 Å². The van der Waals surface area contributed by atoms with Gasteiger partial charge in [-0.1, -0.05) is 12.8 Å². The lowest BCUT2D eigenvalue weighted by atomic mass is 9.85. The van der Waals surface area contributed by atoms with Gasteiger partial charge in [0.05, 0.1) is 32.5 Å². The molecule has 0 radical (unpaired) electrons. The Hall–Kier alpha value is -0.160. The molecule has 2 atom stereocenters. The van der Waals surface area contributed by atoms with E-state index < -0.39 is 0 Å². The first-order valence-electron chi connectivity index (χ1n) is 7.24. The van der Waals surface area contributed by atoms with Crippen molar-refractivity contribution in [1.82, 2.24) is 0 Å². The van der Waals surface area contributed by atoms with E-state index in [9.17, 15) is 0 Å². The van der Waals surface area contributed by atoms with E-state index >= 15 is 0 Å². The number of ether oxygens (including phenoxy) is 3. The molecular weight excluding hydrogens is 232 g/mol. The van der Waals surface area contributed by atoms with Gasteiger partial charge in [0.2, 0.25) is 0 Å². The maximum absolute atomic E-state index is 8.57. The Kier molecular flexibility index (Phi) is 9.48. The average molecular weight is 260 g/mol. The second-order valence-corrected chi connectivity index (χ2v) is 4.85. The van der Waals surface area contributed by atoms with Crippen LogP contribution in [0, 0.1) is 5.92 Å². The zero-order valence-corrected chi connectivity index (χ0v) is 11.6. The summed E-state index contributed by atoms with van der Waals surface area (Å²) in [4.78, 5) is 0. The molecular formula is C14H28O4. The summed E-state index contributed by atoms with van der Waals surface area (Å²) in [6, 6.07) is 0. The van der Waals surface area contributed by atoms with Crippen molar-refractivity contribution in [2.24, 2.45) is 5.92 Å². The molecule has 1 aliphatic carbocycles. The van der Waals surface area contributed by atoms with E-state index in [-0.39, 0.29) is 6.61 Å². The largest absolute Gasteiger partial charge is 0.394 e. The molecule has 0 bridgehead atoms. The van der Waals surface area contributed by atoms with Crippen LogP contribution in [0.5, 0.6) is 0 Å². The zero-order valence-electron chi connectivity index (χ0n) is 11.6. The lowest BCUT2D eigenvalue weighted by Gasteiger charge is -2.29. The van der Waals surface area contributed by atoms with Crippen LogP contribution in [0.15, 0.2) is 0 Å². The highest BCUT2D eigenvalue weighted by molar-refractivity contribution is 4.73. The van der Waals surface area contributed by atoms with Crippen LogP contribution in [-0.2, 0) is 14.2 Å². The molecule has 0 aliphatic heterocycles. The van der Waals surface area contributed by atoms with Crippen molar-refractivity contribution in [1.29, 1.82) is 0 Å². The monoisotopic (exact) mass is 260 g/mol. The molecule has 1 fully saturated rings. The summed E-state index contributed by atoms with van der Waals surface area (Å²) in [5, 5.41) is 8.57. The maximum Gasteiger partial charge on any atom is 0.0704 e. The summed E-state index contributed by atoms with van der Waals surface area (Å²) in [6.07, 6.45) is 6.46. The maximum atomic E-state index is 8.57. The predicted molar refractivity (Wildman–Crippen MR) is 70.7 cm³/mol. The SMILES string of the molecule is CCOCC[C@H]1CCC[C@@H](OCCOCCO)C1. The molecule has 108 valence electrons. The van der Waals surface area contributed by atoms with Crippen molar-refractivity contribution in [2.75, 3.05) is 39.6 Å². The molecule has 18 heavy (non-hydrogen) atoms. The van der Waals surface area contributed by atoms with Crippen LogP contribution < -0.4 is 0 Å². The Bertz CT molecular complexity index is 187. The predicted octanol–water partition coefficient (Wildman–Crippen LogP) is 2.00. The van der Waals surface area contributed by atoms with Crippen LogP contribution in [0.1, 0.15) is 39.0 Å². The van der Waals surface area contributed by atoms with Gasteiger partial charge in [0.15, 0.2) is 0 Å². The van der Waals surface area contributed by atoms with Crippen LogP contribution in [-0.4, -0.2) is 50.9 Å². The lowest BCUT2D eigenvalue weighted by Crippen LogP contribution is -2.25. The van der Waals surface area contributed by atoms with Gasteiger partial charge in [-0.15, -0.1) is 0 Å². The van der Waals surface area contributed by atoms with Crippen LogP contribution >= 0.6 is 0 Å². The van der Waals surface area contributed by atoms with Gasteiger partial charge in [-0.2, -0.15) is 0 Å². The average Bonchev–Trinajstić information content (AvgIpc) is 2.39. The molecule has 1 N–H and O–H groups in total. The highest BCUT2D eigenvalue weighted by Crippen LogP contribution is 2.28. The molecule has 0 unspecified atom stereocenters. The Morgan fingerprint density at radius 1 is 1.06 bits per heavy atom. The number of aliphatic hydroxyl groups is 1. The number of hydrogen-bond acceptors (Lipinski definition) is 4. The third-order valence-electron chi connectivity index (χ3n) is 3.43. The van der Waals surface area contributed by atoms with Crippen molar-refractivity contribution in [3.05, 3.63) is 0 Å². The Morgan fingerprint density at radius 2 is 1.94 bits per heavy atom. The van der Waals surface area contributed by atoms with E-state index in [0.29, 0.717) is 25.9 Å². The van der Waals surface area contributed by atoms with E-state index in [1.807, 2.05) is 6.92 Å². The van der Waals surface area contributed by atoms with Gasteiger partial charge in [0, 0.05) is 13.2 Å². The summed E-state index contributed by atoms with van der Waals surface area (Å²) in [5.74, 6) is 0.758. The van der Waals surface area contributed by atoms with Crippen molar-refractivity contribution >= 4 is 0 Å². The van der Waals surface area contributed by atoms with Gasteiger partial charge in [0.1, 0.15) is 0 Å². The zero-order chi connectivity index (χ0) is 13.1. The molecule has 0 aromatic rings. The number of rotatable bonds is 10. The molecule has 0 spiro atoms. The summed E-state index contributed by atoms with van der Waals surface area (Å²) in [7, 11) is 0. The van der Waals surface area contributed by atoms with Crippen molar-refractivity contribution < 1.29 is 19.3 Å². The summed E-state index contributed by atoms with van der Waals surface area (Å²) in [6.45, 7) is 5.46. The van der Waals surface area contributed by atoms with Gasteiger partial charge >= 0.3 is 0 Å². The van der Waals surface area contributed by atoms with E-state index in [4.69, 9.17) is 19.3 Å². The molecule has 0 aromatic carbocycles. The minimum atomic E-state index is 0.0862. The van der Waals surface area contributed by atoms with Crippen LogP contribution in [0.4, 0.5) is 0 Å². The fourth-order valence-electron chi connectivity index (χ4n) is 2.49. The minimum absolute atomic E-state index is 0.0862. The fraction of sp³-hybridized carbons (Fsp3) is 1.00. The van der Waals surface area contributed by atoms with Gasteiger partial charge in [-0.05, 0) is 32.1 Å². The van der Waals surface area contributed by atoms with Crippen LogP contribution in [0.2, 0.25) is 0 Å². The molecule has 0 aromatic heterocycles. The molecule has 1 aliphatic rings. The normalized spacial score (nSPS) is 24.3. The third kappa shape index (κ3) is 7.31. The molecule has 1 rings (SSSR count). The van der Waals surface area contributed by atoms with Crippen LogP contribution in [0.25, 0.3) is 0 Å². The first-order chi connectivity index (χ1) is 8.86. The highest BCUT2D eigenvalue weighted by atomic mass is 16.5. The van der Waals surface area contributed by atoms with E-state index in [2.05, 4.69) is 0 Å². The van der Waals surface area contributed by atoms with Gasteiger partial charge in [-0.3, -0.25) is 0 Å². The third-order valence-corrected chi connectivity index (χ3v) is 3.43. The second-order valence-electron chi connectivity index (χ2n) is 4.85. The van der Waals surface area contributed by atoms with Gasteiger partial charge in [-0.25, -0.2) is 0 Å². The van der Waals surface area contributed by atoms with Crippen molar-refractivity contribution in [3.8, 4) is 0 Å². The minimum Gasteiger partial charge on any atom is -0.394 e. The molecule has 0 heterocycles. The van der Waals surface area contributed by atoms with Crippen molar-refractivity contribution in [3.63, 3.8) is 0 Å². The molecule has 4 heteroatoms. The molecule has 0 amide bonds. The lowest BCUT2D eigenvalue weighted by molar-refractivity contribution is -0.0269. The first-order valence-corrected chi connectivity index (χ1v) is 7.24. The smallest absolute Gasteiger partial charge is 0.0704 e. The first kappa shape index (κ1) is 15.9. The van der Waals surface area contributed by atoms with E-state index in [0.717, 1.165) is 32.0 Å². The quantitative estimate of drug-likeness (QED) is 0.610. The van der Waals surface area contributed by atoms with Crippen molar-refractivity contribution in [2.45, 2.75) is 45.1 Å². The number of aliphatic hydroxyl groups excluding tert-OH is 1.